The van der Waals surface area contributed by atoms with Gasteiger partial charge in [-0.3, -0.25) is 0 Å². The lowest BCUT2D eigenvalue weighted by Crippen LogP contribution is -1.90. The third kappa shape index (κ3) is 2.86. The quantitative estimate of drug-likeness (QED) is 0.573. The summed E-state index contributed by atoms with van der Waals surface area (Å²) >= 11 is 3.02. The maximum Gasteiger partial charge on any atom is 0.236 e. The number of oxazole rings is 1. The van der Waals surface area contributed by atoms with Gasteiger partial charge in [-0.15, -0.1) is 23.1 Å². The van der Waals surface area contributed by atoms with E-state index in [2.05, 4.69) is 4.98 Å². The number of nitrogen functional groups attached to an aromatic ring is 1. The van der Waals surface area contributed by atoms with Crippen molar-refractivity contribution >= 4 is 28.8 Å². The number of nitrogens with two attached hydrogens (primary N) is 1. The molecule has 0 bridgehead atoms. The van der Waals surface area contributed by atoms with E-state index in [1.807, 2.05) is 17.5 Å². The van der Waals surface area contributed by atoms with Crippen LogP contribution in [0.5, 0.6) is 0 Å². The summed E-state index contributed by atoms with van der Waals surface area (Å²) in [6, 6.07) is 8.26. The molecular formula is C14H11FN2OS2. The maximum atomic E-state index is 13.2. The predicted molar refractivity (Wildman–Crippen MR) is 80.2 cm³/mol. The second-order valence-corrected chi connectivity index (χ2v) is 6.06. The van der Waals surface area contributed by atoms with E-state index < -0.39 is 0 Å². The van der Waals surface area contributed by atoms with Crippen LogP contribution in [0.25, 0.3) is 10.8 Å². The number of thioether (sulfide) groups is 1. The van der Waals surface area contributed by atoms with Crippen LogP contribution in [0, 0.1) is 5.82 Å². The molecule has 2 heterocycles. The van der Waals surface area contributed by atoms with Crippen LogP contribution in [0.4, 0.5) is 10.1 Å². The van der Waals surface area contributed by atoms with Crippen LogP contribution in [0.3, 0.4) is 0 Å². The standard InChI is InChI=1S/C14H11FN2OS2/c15-9-3-4-11(16)13(6-9)20-8-10-7-18-14(17-10)12-2-1-5-19-12/h1-7H,8,16H2. The van der Waals surface area contributed by atoms with Crippen molar-refractivity contribution in [2.45, 2.75) is 10.6 Å². The highest BCUT2D eigenvalue weighted by Crippen LogP contribution is 2.30. The minimum atomic E-state index is -0.291. The molecule has 0 saturated carbocycles. The summed E-state index contributed by atoms with van der Waals surface area (Å²) < 4.78 is 18.6. The van der Waals surface area contributed by atoms with Crippen molar-refractivity contribution in [1.29, 1.82) is 0 Å². The van der Waals surface area contributed by atoms with Gasteiger partial charge in [0.2, 0.25) is 5.89 Å². The molecule has 0 aliphatic carbocycles. The zero-order valence-corrected chi connectivity index (χ0v) is 12.0. The van der Waals surface area contributed by atoms with Crippen LogP contribution in [-0.4, -0.2) is 4.98 Å². The molecule has 0 unspecified atom stereocenters. The van der Waals surface area contributed by atoms with Crippen LogP contribution < -0.4 is 5.73 Å². The van der Waals surface area contributed by atoms with Gasteiger partial charge in [0.15, 0.2) is 0 Å². The zero-order valence-electron chi connectivity index (χ0n) is 10.4. The molecule has 20 heavy (non-hydrogen) atoms. The fraction of sp³-hybridized carbons (Fsp3) is 0.0714. The second kappa shape index (κ2) is 5.68. The van der Waals surface area contributed by atoms with E-state index in [1.54, 1.807) is 23.7 Å². The van der Waals surface area contributed by atoms with E-state index in [1.165, 1.54) is 23.9 Å². The Morgan fingerprint density at radius 1 is 1.35 bits per heavy atom. The molecule has 3 aromatic rings. The molecule has 0 spiro atoms. The van der Waals surface area contributed by atoms with Gasteiger partial charge in [0, 0.05) is 16.3 Å². The molecule has 0 saturated heterocycles. The van der Waals surface area contributed by atoms with Crippen LogP contribution in [0.1, 0.15) is 5.69 Å². The third-order valence-electron chi connectivity index (χ3n) is 2.63. The number of anilines is 1. The van der Waals surface area contributed by atoms with Gasteiger partial charge < -0.3 is 10.2 Å². The van der Waals surface area contributed by atoms with Gasteiger partial charge in [0.25, 0.3) is 0 Å². The summed E-state index contributed by atoms with van der Waals surface area (Å²) in [5.74, 6) is 0.909. The van der Waals surface area contributed by atoms with E-state index in [0.717, 1.165) is 10.6 Å². The first-order valence-corrected chi connectivity index (χ1v) is 7.75. The molecule has 2 N–H and O–H groups in total. The fourth-order valence-electron chi connectivity index (χ4n) is 1.67. The molecule has 6 heteroatoms. The third-order valence-corrected chi connectivity index (χ3v) is 4.60. The highest BCUT2D eigenvalue weighted by atomic mass is 32.2. The smallest absolute Gasteiger partial charge is 0.236 e. The van der Waals surface area contributed by atoms with Gasteiger partial charge in [-0.1, -0.05) is 6.07 Å². The number of hydrogen-bond donors (Lipinski definition) is 1. The van der Waals surface area contributed by atoms with Crippen LogP contribution >= 0.6 is 23.1 Å². The molecule has 0 aliphatic rings. The summed E-state index contributed by atoms with van der Waals surface area (Å²) in [5.41, 5.74) is 7.18. The van der Waals surface area contributed by atoms with Gasteiger partial charge in [0.05, 0.1) is 10.6 Å². The van der Waals surface area contributed by atoms with Gasteiger partial charge in [0.1, 0.15) is 12.1 Å². The normalized spacial score (nSPS) is 10.8. The van der Waals surface area contributed by atoms with Crippen molar-refractivity contribution in [1.82, 2.24) is 4.98 Å². The number of nitrogens with zero attached hydrogens (tertiary/aromatic N) is 1. The summed E-state index contributed by atoms with van der Waals surface area (Å²) in [6.45, 7) is 0. The average Bonchev–Trinajstić information content (AvgIpc) is 3.09. The van der Waals surface area contributed by atoms with Crippen molar-refractivity contribution in [2.75, 3.05) is 5.73 Å². The van der Waals surface area contributed by atoms with Gasteiger partial charge >= 0.3 is 0 Å². The fourth-order valence-corrected chi connectivity index (χ4v) is 3.19. The number of thiophene rings is 1. The van der Waals surface area contributed by atoms with Crippen molar-refractivity contribution in [3.05, 3.63) is 53.5 Å². The summed E-state index contributed by atoms with van der Waals surface area (Å²) in [6.07, 6.45) is 1.62. The van der Waals surface area contributed by atoms with Crippen LogP contribution in [0.15, 0.2) is 51.3 Å². The Balaban J connectivity index is 1.71. The van der Waals surface area contributed by atoms with Crippen molar-refractivity contribution in [3.8, 4) is 10.8 Å². The van der Waals surface area contributed by atoms with Crippen molar-refractivity contribution in [2.24, 2.45) is 0 Å². The second-order valence-electron chi connectivity index (χ2n) is 4.09. The zero-order chi connectivity index (χ0) is 13.9. The lowest BCUT2D eigenvalue weighted by molar-refractivity contribution is 0.575. The average molecular weight is 306 g/mol. The number of halogens is 1. The Bertz CT molecular complexity index is 710. The summed E-state index contributed by atoms with van der Waals surface area (Å²) in [5, 5.41) is 1.97. The van der Waals surface area contributed by atoms with Crippen molar-refractivity contribution in [3.63, 3.8) is 0 Å². The predicted octanol–water partition coefficient (Wildman–Crippen LogP) is 4.42. The molecular weight excluding hydrogens is 295 g/mol. The minimum Gasteiger partial charge on any atom is -0.444 e. The molecule has 3 nitrogen and oxygen atoms in total. The van der Waals surface area contributed by atoms with Crippen LogP contribution in [-0.2, 0) is 5.75 Å². The number of rotatable bonds is 4. The first-order chi connectivity index (χ1) is 9.72. The Labute approximate surface area is 123 Å². The first kappa shape index (κ1) is 13.2. The minimum absolute atomic E-state index is 0.291. The van der Waals surface area contributed by atoms with Crippen LogP contribution in [0.2, 0.25) is 0 Å². The Hall–Kier alpha value is -1.79. The van der Waals surface area contributed by atoms with Gasteiger partial charge in [-0.2, -0.15) is 0 Å². The molecule has 0 radical (unpaired) electrons. The number of benzene rings is 1. The summed E-state index contributed by atoms with van der Waals surface area (Å²) in [4.78, 5) is 6.11. The lowest BCUT2D eigenvalue weighted by Gasteiger charge is -2.03. The topological polar surface area (TPSA) is 52.0 Å². The molecule has 0 amide bonds. The van der Waals surface area contributed by atoms with Gasteiger partial charge in [-0.05, 0) is 29.6 Å². The number of aromatic nitrogens is 1. The van der Waals surface area contributed by atoms with E-state index in [0.29, 0.717) is 22.2 Å². The molecule has 102 valence electrons. The highest BCUT2D eigenvalue weighted by Gasteiger charge is 2.09. The Kier molecular flexibility index (Phi) is 3.75. The molecule has 3 rings (SSSR count). The molecule has 1 aromatic carbocycles. The van der Waals surface area contributed by atoms with E-state index in [-0.39, 0.29) is 5.82 Å². The molecule has 0 aliphatic heterocycles. The van der Waals surface area contributed by atoms with E-state index in [4.69, 9.17) is 10.2 Å². The lowest BCUT2D eigenvalue weighted by atomic mass is 10.3. The molecule has 2 aromatic heterocycles. The Morgan fingerprint density at radius 2 is 2.25 bits per heavy atom. The number of hydrogen-bond acceptors (Lipinski definition) is 5. The van der Waals surface area contributed by atoms with E-state index >= 15 is 0 Å². The molecule has 0 atom stereocenters. The van der Waals surface area contributed by atoms with E-state index in [9.17, 15) is 4.39 Å². The first-order valence-electron chi connectivity index (χ1n) is 5.88. The highest BCUT2D eigenvalue weighted by molar-refractivity contribution is 7.98. The largest absolute Gasteiger partial charge is 0.444 e. The van der Waals surface area contributed by atoms with Crippen molar-refractivity contribution < 1.29 is 8.81 Å². The Morgan fingerprint density at radius 3 is 3.05 bits per heavy atom. The SMILES string of the molecule is Nc1ccc(F)cc1SCc1coc(-c2cccs2)n1. The molecule has 0 fully saturated rings. The van der Waals surface area contributed by atoms with Gasteiger partial charge in [-0.25, -0.2) is 9.37 Å². The summed E-state index contributed by atoms with van der Waals surface area (Å²) in [7, 11) is 0. The maximum absolute atomic E-state index is 13.2. The monoisotopic (exact) mass is 306 g/mol.